The molecule has 0 aliphatic carbocycles. The predicted molar refractivity (Wildman–Crippen MR) is 94.9 cm³/mol. The van der Waals surface area contributed by atoms with E-state index in [-0.39, 0.29) is 10.8 Å². The highest BCUT2D eigenvalue weighted by atomic mass is 32.2. The highest BCUT2D eigenvalue weighted by Crippen LogP contribution is 2.21. The van der Waals surface area contributed by atoms with Gasteiger partial charge in [0.15, 0.2) is 9.84 Å². The summed E-state index contributed by atoms with van der Waals surface area (Å²) >= 11 is 0. The predicted octanol–water partition coefficient (Wildman–Crippen LogP) is 3.06. The first-order chi connectivity index (χ1) is 11.3. The molecule has 2 aromatic carbocycles. The lowest BCUT2D eigenvalue weighted by molar-refractivity contribution is -0.111. The SMILES string of the molecule is COc1ccc(C)cc1C=CC(=O)Nc1cccc(S(C)(=O)=O)c1. The van der Waals surface area contributed by atoms with Gasteiger partial charge < -0.3 is 10.1 Å². The van der Waals surface area contributed by atoms with E-state index in [1.54, 1.807) is 25.3 Å². The minimum atomic E-state index is -3.32. The van der Waals surface area contributed by atoms with E-state index in [0.29, 0.717) is 11.4 Å². The Kier molecular flexibility index (Phi) is 5.41. The van der Waals surface area contributed by atoms with E-state index in [9.17, 15) is 13.2 Å². The molecule has 1 amide bonds. The van der Waals surface area contributed by atoms with Crippen LogP contribution < -0.4 is 10.1 Å². The van der Waals surface area contributed by atoms with Gasteiger partial charge in [0.1, 0.15) is 5.75 Å². The fourth-order valence-corrected chi connectivity index (χ4v) is 2.80. The summed E-state index contributed by atoms with van der Waals surface area (Å²) in [7, 11) is -1.75. The van der Waals surface area contributed by atoms with Crippen LogP contribution in [0.2, 0.25) is 0 Å². The van der Waals surface area contributed by atoms with Gasteiger partial charge in [0.05, 0.1) is 12.0 Å². The van der Waals surface area contributed by atoms with Gasteiger partial charge in [-0.25, -0.2) is 8.42 Å². The first-order valence-corrected chi connectivity index (χ1v) is 9.12. The van der Waals surface area contributed by atoms with Crippen molar-refractivity contribution in [3.05, 3.63) is 59.7 Å². The molecule has 0 saturated carbocycles. The van der Waals surface area contributed by atoms with Crippen molar-refractivity contribution in [1.29, 1.82) is 0 Å². The van der Waals surface area contributed by atoms with Crippen molar-refractivity contribution in [2.75, 3.05) is 18.7 Å². The number of hydrogen-bond acceptors (Lipinski definition) is 4. The number of carbonyl (C=O) groups is 1. The van der Waals surface area contributed by atoms with Gasteiger partial charge in [-0.2, -0.15) is 0 Å². The third-order valence-corrected chi connectivity index (χ3v) is 4.44. The van der Waals surface area contributed by atoms with E-state index in [2.05, 4.69) is 5.32 Å². The molecule has 5 nitrogen and oxygen atoms in total. The molecule has 0 heterocycles. The molecule has 126 valence electrons. The molecule has 0 spiro atoms. The van der Waals surface area contributed by atoms with Crippen LogP contribution in [0.25, 0.3) is 6.08 Å². The Bertz CT molecular complexity index is 886. The Morgan fingerprint density at radius 2 is 1.92 bits per heavy atom. The van der Waals surface area contributed by atoms with Crippen LogP contribution in [0.5, 0.6) is 5.75 Å². The lowest BCUT2D eigenvalue weighted by Gasteiger charge is -2.06. The minimum Gasteiger partial charge on any atom is -0.496 e. The zero-order valence-electron chi connectivity index (χ0n) is 13.7. The number of ether oxygens (including phenoxy) is 1. The Morgan fingerprint density at radius 1 is 1.17 bits per heavy atom. The van der Waals surface area contributed by atoms with Crippen LogP contribution in [-0.4, -0.2) is 27.7 Å². The van der Waals surface area contributed by atoms with Crippen LogP contribution in [0.1, 0.15) is 11.1 Å². The number of sulfone groups is 1. The number of methoxy groups -OCH3 is 1. The average Bonchev–Trinajstić information content (AvgIpc) is 2.52. The third-order valence-electron chi connectivity index (χ3n) is 3.33. The summed E-state index contributed by atoms with van der Waals surface area (Å²) in [6, 6.07) is 11.8. The molecule has 0 radical (unpaired) electrons. The molecule has 6 heteroatoms. The number of aryl methyl sites for hydroxylation is 1. The van der Waals surface area contributed by atoms with Gasteiger partial charge in [0.2, 0.25) is 5.91 Å². The zero-order chi connectivity index (χ0) is 17.7. The van der Waals surface area contributed by atoms with Crippen LogP contribution >= 0.6 is 0 Å². The van der Waals surface area contributed by atoms with Gasteiger partial charge in [-0.1, -0.05) is 17.7 Å². The lowest BCUT2D eigenvalue weighted by atomic mass is 10.1. The van der Waals surface area contributed by atoms with Gasteiger partial charge >= 0.3 is 0 Å². The van der Waals surface area contributed by atoms with Gasteiger partial charge in [0, 0.05) is 23.6 Å². The molecule has 0 aliphatic heterocycles. The van der Waals surface area contributed by atoms with E-state index >= 15 is 0 Å². The second-order valence-electron chi connectivity index (χ2n) is 5.37. The van der Waals surface area contributed by atoms with Crippen molar-refractivity contribution in [3.63, 3.8) is 0 Å². The number of anilines is 1. The van der Waals surface area contributed by atoms with Crippen LogP contribution in [-0.2, 0) is 14.6 Å². The normalized spacial score (nSPS) is 11.5. The third kappa shape index (κ3) is 4.70. The lowest BCUT2D eigenvalue weighted by Crippen LogP contribution is -2.08. The summed E-state index contributed by atoms with van der Waals surface area (Å²) < 4.78 is 28.3. The molecule has 0 fully saturated rings. The van der Waals surface area contributed by atoms with Gasteiger partial charge in [-0.3, -0.25) is 4.79 Å². The second-order valence-corrected chi connectivity index (χ2v) is 7.38. The first kappa shape index (κ1) is 17.7. The number of rotatable bonds is 5. The van der Waals surface area contributed by atoms with Gasteiger partial charge in [-0.05, 0) is 43.3 Å². The monoisotopic (exact) mass is 345 g/mol. The van der Waals surface area contributed by atoms with E-state index in [0.717, 1.165) is 17.4 Å². The Hall–Kier alpha value is -2.60. The van der Waals surface area contributed by atoms with Crippen molar-refractivity contribution in [2.24, 2.45) is 0 Å². The van der Waals surface area contributed by atoms with Crippen molar-refractivity contribution in [3.8, 4) is 5.75 Å². The van der Waals surface area contributed by atoms with Crippen LogP contribution in [0, 0.1) is 6.92 Å². The summed E-state index contributed by atoms with van der Waals surface area (Å²) in [6.45, 7) is 1.95. The van der Waals surface area contributed by atoms with Crippen molar-refractivity contribution < 1.29 is 17.9 Å². The highest BCUT2D eigenvalue weighted by Gasteiger charge is 2.08. The smallest absolute Gasteiger partial charge is 0.248 e. The maximum absolute atomic E-state index is 12.0. The highest BCUT2D eigenvalue weighted by molar-refractivity contribution is 7.90. The zero-order valence-corrected chi connectivity index (χ0v) is 14.6. The minimum absolute atomic E-state index is 0.157. The molecule has 0 aromatic heterocycles. The molecule has 0 aliphatic rings. The average molecular weight is 345 g/mol. The van der Waals surface area contributed by atoms with Crippen molar-refractivity contribution in [1.82, 2.24) is 0 Å². The van der Waals surface area contributed by atoms with Gasteiger partial charge in [0.25, 0.3) is 0 Å². The summed E-state index contributed by atoms with van der Waals surface area (Å²) in [5.74, 6) is 0.313. The molecule has 2 rings (SSSR count). The molecule has 0 saturated heterocycles. The van der Waals surface area contributed by atoms with Crippen LogP contribution in [0.3, 0.4) is 0 Å². The van der Waals surface area contributed by atoms with Crippen LogP contribution in [0.4, 0.5) is 5.69 Å². The number of hydrogen-bond donors (Lipinski definition) is 1. The molecular formula is C18H19NO4S. The topological polar surface area (TPSA) is 72.5 Å². The second kappa shape index (κ2) is 7.31. The van der Waals surface area contributed by atoms with E-state index in [1.165, 1.54) is 18.2 Å². The Labute approximate surface area is 141 Å². The molecule has 0 unspecified atom stereocenters. The summed E-state index contributed by atoms with van der Waals surface area (Å²) in [5.41, 5.74) is 2.26. The first-order valence-electron chi connectivity index (χ1n) is 7.23. The molecule has 24 heavy (non-hydrogen) atoms. The number of benzene rings is 2. The number of nitrogens with one attached hydrogen (secondary N) is 1. The largest absolute Gasteiger partial charge is 0.496 e. The summed E-state index contributed by atoms with van der Waals surface area (Å²) in [4.78, 5) is 12.2. The molecule has 1 N–H and O–H groups in total. The molecular weight excluding hydrogens is 326 g/mol. The number of carbonyl (C=O) groups excluding carboxylic acids is 1. The quantitative estimate of drug-likeness (QED) is 0.846. The summed E-state index contributed by atoms with van der Waals surface area (Å²) in [6.07, 6.45) is 4.16. The van der Waals surface area contributed by atoms with Crippen LogP contribution in [0.15, 0.2) is 53.4 Å². The maximum Gasteiger partial charge on any atom is 0.248 e. The van der Waals surface area contributed by atoms with E-state index in [4.69, 9.17) is 4.74 Å². The molecule has 0 bridgehead atoms. The molecule has 0 atom stereocenters. The fourth-order valence-electron chi connectivity index (χ4n) is 2.14. The van der Waals surface area contributed by atoms with Crippen molar-refractivity contribution >= 4 is 27.5 Å². The standard InChI is InChI=1S/C18H19NO4S/c1-13-7-9-17(23-2)14(11-13)8-10-18(20)19-15-5-4-6-16(12-15)24(3,21)22/h4-12H,1-3H3,(H,19,20). The molecule has 2 aromatic rings. The number of amides is 1. The van der Waals surface area contributed by atoms with E-state index < -0.39 is 9.84 Å². The van der Waals surface area contributed by atoms with Gasteiger partial charge in [-0.15, -0.1) is 0 Å². The van der Waals surface area contributed by atoms with Crippen molar-refractivity contribution in [2.45, 2.75) is 11.8 Å². The Morgan fingerprint density at radius 3 is 2.58 bits per heavy atom. The van der Waals surface area contributed by atoms with E-state index in [1.807, 2.05) is 25.1 Å². The fraction of sp³-hybridized carbons (Fsp3) is 0.167. The summed E-state index contributed by atoms with van der Waals surface area (Å²) in [5, 5.41) is 2.65. The maximum atomic E-state index is 12.0. The Balaban J connectivity index is 2.16.